The molecule has 0 aromatic heterocycles. The van der Waals surface area contributed by atoms with Crippen LogP contribution in [0.2, 0.25) is 0 Å². The number of aliphatic hydroxyl groups is 1. The van der Waals surface area contributed by atoms with Crippen molar-refractivity contribution in [1.82, 2.24) is 0 Å². The van der Waals surface area contributed by atoms with Crippen molar-refractivity contribution in [2.45, 2.75) is 102 Å². The number of aliphatic hydroxyl groups excluding tert-OH is 1. The fourth-order valence-corrected chi connectivity index (χ4v) is 6.76. The molecular formula is C28H40O5. The van der Waals surface area contributed by atoms with Crippen LogP contribution in [-0.4, -0.2) is 47.8 Å². The van der Waals surface area contributed by atoms with E-state index in [0.29, 0.717) is 25.2 Å². The van der Waals surface area contributed by atoms with Crippen molar-refractivity contribution < 1.29 is 24.1 Å². The Labute approximate surface area is 198 Å². The first-order chi connectivity index (χ1) is 15.7. The van der Waals surface area contributed by atoms with E-state index < -0.39 is 17.3 Å². The molecule has 7 atom stereocenters. The number of allylic oxidation sites excluding steroid dienone is 1. The Hall–Kier alpha value is -1.40. The van der Waals surface area contributed by atoms with Crippen LogP contribution in [0, 0.1) is 11.3 Å². The monoisotopic (exact) mass is 456 g/mol. The summed E-state index contributed by atoms with van der Waals surface area (Å²) in [5.74, 6) is 1.33. The summed E-state index contributed by atoms with van der Waals surface area (Å²) in [4.78, 5) is 0. The molecule has 182 valence electrons. The molecule has 0 radical (unpaired) electrons. The van der Waals surface area contributed by atoms with E-state index in [-0.39, 0.29) is 11.0 Å². The molecule has 2 aliphatic heterocycles. The molecule has 2 saturated heterocycles. The molecule has 1 aromatic carbocycles. The summed E-state index contributed by atoms with van der Waals surface area (Å²) in [7, 11) is 1.68. The predicted octanol–water partition coefficient (Wildman–Crippen LogP) is 5.19. The highest BCUT2D eigenvalue weighted by Gasteiger charge is 2.81. The molecule has 2 bridgehead atoms. The van der Waals surface area contributed by atoms with Crippen LogP contribution in [0.3, 0.4) is 0 Å². The molecule has 5 nitrogen and oxygen atoms in total. The van der Waals surface area contributed by atoms with Gasteiger partial charge in [0.05, 0.1) is 32.0 Å². The minimum Gasteiger partial charge on any atom is -0.497 e. The Morgan fingerprint density at radius 3 is 2.58 bits per heavy atom. The first-order valence-electron chi connectivity index (χ1n) is 12.6. The van der Waals surface area contributed by atoms with E-state index in [2.05, 4.69) is 27.7 Å². The maximum Gasteiger partial charge on any atom is 0.130 e. The van der Waals surface area contributed by atoms with E-state index in [1.54, 1.807) is 7.11 Å². The fourth-order valence-electron chi connectivity index (χ4n) is 6.76. The number of rotatable bonds is 5. The van der Waals surface area contributed by atoms with Gasteiger partial charge in [0.2, 0.25) is 0 Å². The Bertz CT molecular complexity index is 911. The fraction of sp³-hybridized carbons (Fsp3) is 0.714. The highest BCUT2D eigenvalue weighted by molar-refractivity contribution is 5.32. The van der Waals surface area contributed by atoms with E-state index in [1.165, 1.54) is 5.57 Å². The molecule has 2 aliphatic carbocycles. The lowest BCUT2D eigenvalue weighted by molar-refractivity contribution is -0.0399. The minimum absolute atomic E-state index is 0.0268. The van der Waals surface area contributed by atoms with Gasteiger partial charge in [-0.15, -0.1) is 0 Å². The summed E-state index contributed by atoms with van der Waals surface area (Å²) in [6, 6.07) is 8.01. The van der Waals surface area contributed by atoms with Crippen molar-refractivity contribution in [1.29, 1.82) is 0 Å². The summed E-state index contributed by atoms with van der Waals surface area (Å²) in [5, 5.41) is 11.4. The zero-order chi connectivity index (χ0) is 23.5. The summed E-state index contributed by atoms with van der Waals surface area (Å²) in [6.07, 6.45) is 7.72. The number of hydrogen-bond donors (Lipinski definition) is 1. The number of ether oxygens (including phenoxy) is 4. The van der Waals surface area contributed by atoms with E-state index in [9.17, 15) is 5.11 Å². The van der Waals surface area contributed by atoms with E-state index in [4.69, 9.17) is 18.9 Å². The smallest absolute Gasteiger partial charge is 0.130 e. The van der Waals surface area contributed by atoms with Crippen molar-refractivity contribution in [2.75, 3.05) is 13.7 Å². The van der Waals surface area contributed by atoms with Gasteiger partial charge in [-0.25, -0.2) is 0 Å². The Kier molecular flexibility index (Phi) is 5.72. The number of fused-ring (bicyclic) bond motifs is 1. The van der Waals surface area contributed by atoms with Gasteiger partial charge in [0.1, 0.15) is 23.1 Å². The van der Waals surface area contributed by atoms with Gasteiger partial charge in [-0.05, 0) is 76.0 Å². The summed E-state index contributed by atoms with van der Waals surface area (Å²) in [5.41, 5.74) is 1.17. The lowest BCUT2D eigenvalue weighted by Crippen LogP contribution is -2.56. The van der Waals surface area contributed by atoms with E-state index in [0.717, 1.165) is 49.8 Å². The predicted molar refractivity (Wildman–Crippen MR) is 127 cm³/mol. The number of hydrogen-bond acceptors (Lipinski definition) is 5. The summed E-state index contributed by atoms with van der Waals surface area (Å²) >= 11 is 0. The lowest BCUT2D eigenvalue weighted by atomic mass is 9.54. The SMILES string of the molecule is COc1ccc(COC[C@]23O[C@@]24CC[C@@H](C)[C@]3(C)CC[C@]2(C)O[C@H]2CC/C(C)=C/[C@H]4O)cc1. The second kappa shape index (κ2) is 8.08. The average Bonchev–Trinajstić information content (AvgIpc) is 3.68. The average molecular weight is 457 g/mol. The maximum absolute atomic E-state index is 11.4. The van der Waals surface area contributed by atoms with Gasteiger partial charge in [-0.1, -0.05) is 37.6 Å². The molecule has 1 N–H and O–H groups in total. The zero-order valence-corrected chi connectivity index (χ0v) is 20.9. The molecule has 1 aromatic rings. The van der Waals surface area contributed by atoms with Crippen LogP contribution in [0.5, 0.6) is 5.75 Å². The molecule has 3 fully saturated rings. The third-order valence-electron chi connectivity index (χ3n) is 9.59. The summed E-state index contributed by atoms with van der Waals surface area (Å²) in [6.45, 7) is 10.1. The molecule has 5 heteroatoms. The van der Waals surface area contributed by atoms with Gasteiger partial charge in [0.25, 0.3) is 0 Å². The molecule has 0 unspecified atom stereocenters. The minimum atomic E-state index is -0.611. The van der Waals surface area contributed by atoms with Crippen molar-refractivity contribution in [2.24, 2.45) is 11.3 Å². The second-order valence-corrected chi connectivity index (χ2v) is 11.4. The Morgan fingerprint density at radius 2 is 1.85 bits per heavy atom. The topological polar surface area (TPSA) is 63.8 Å². The Morgan fingerprint density at radius 1 is 1.09 bits per heavy atom. The zero-order valence-electron chi connectivity index (χ0n) is 20.9. The molecule has 0 spiro atoms. The molecule has 33 heavy (non-hydrogen) atoms. The highest BCUT2D eigenvalue weighted by atomic mass is 16.7. The highest BCUT2D eigenvalue weighted by Crippen LogP contribution is 2.70. The third-order valence-corrected chi connectivity index (χ3v) is 9.59. The maximum atomic E-state index is 11.4. The number of benzene rings is 1. The van der Waals surface area contributed by atoms with Gasteiger partial charge in [-0.3, -0.25) is 0 Å². The molecule has 1 saturated carbocycles. The first-order valence-corrected chi connectivity index (χ1v) is 12.6. The van der Waals surface area contributed by atoms with Crippen LogP contribution in [0.4, 0.5) is 0 Å². The van der Waals surface area contributed by atoms with Gasteiger partial charge in [0, 0.05) is 5.41 Å². The van der Waals surface area contributed by atoms with Gasteiger partial charge >= 0.3 is 0 Å². The third kappa shape index (κ3) is 3.67. The molecule has 4 aliphatic rings. The van der Waals surface area contributed by atoms with Crippen LogP contribution in [0.25, 0.3) is 0 Å². The van der Waals surface area contributed by atoms with Crippen molar-refractivity contribution in [3.05, 3.63) is 41.5 Å². The quantitative estimate of drug-likeness (QED) is 0.488. The van der Waals surface area contributed by atoms with E-state index >= 15 is 0 Å². The molecule has 5 rings (SSSR count). The molecular weight excluding hydrogens is 416 g/mol. The van der Waals surface area contributed by atoms with Crippen molar-refractivity contribution in [3.8, 4) is 5.75 Å². The normalized spacial score (nSPS) is 46.0. The second-order valence-electron chi connectivity index (χ2n) is 11.4. The standard InChI is InChI=1S/C28H40O5/c1-19-6-11-24-26(4,32-24)15-14-25(3)20(2)12-13-27(23(29)16-19)28(25,33-27)18-31-17-21-7-9-22(30-5)10-8-21/h7-10,16,20,23-24,29H,6,11-15,17-18H2,1-5H3/b19-16+/t20-,23-,24+,25+,26+,27-,28-/m1/s1. The van der Waals surface area contributed by atoms with Crippen LogP contribution in [-0.2, 0) is 20.8 Å². The van der Waals surface area contributed by atoms with Crippen molar-refractivity contribution in [3.63, 3.8) is 0 Å². The lowest BCUT2D eigenvalue weighted by Gasteiger charge is -2.47. The van der Waals surface area contributed by atoms with Gasteiger partial charge < -0.3 is 24.1 Å². The van der Waals surface area contributed by atoms with Crippen LogP contribution in [0.15, 0.2) is 35.9 Å². The van der Waals surface area contributed by atoms with Crippen molar-refractivity contribution >= 4 is 0 Å². The van der Waals surface area contributed by atoms with Crippen LogP contribution < -0.4 is 4.74 Å². The summed E-state index contributed by atoms with van der Waals surface area (Å²) < 4.78 is 24.5. The van der Waals surface area contributed by atoms with Crippen LogP contribution >= 0.6 is 0 Å². The number of methoxy groups -OCH3 is 1. The molecule has 2 heterocycles. The van der Waals surface area contributed by atoms with Crippen LogP contribution in [0.1, 0.15) is 71.8 Å². The first kappa shape index (κ1) is 23.3. The van der Waals surface area contributed by atoms with Gasteiger partial charge in [0.15, 0.2) is 0 Å². The Balaban J connectivity index is 1.42. The number of epoxide rings is 2. The van der Waals surface area contributed by atoms with Gasteiger partial charge in [-0.2, -0.15) is 0 Å². The largest absolute Gasteiger partial charge is 0.497 e. The van der Waals surface area contributed by atoms with E-state index in [1.807, 2.05) is 30.3 Å². The molecule has 0 amide bonds.